The van der Waals surface area contributed by atoms with Gasteiger partial charge in [0, 0.05) is 11.8 Å². The normalized spacial score (nSPS) is 11.3. The van der Waals surface area contributed by atoms with Crippen molar-refractivity contribution in [3.8, 4) is 5.75 Å². The van der Waals surface area contributed by atoms with Crippen LogP contribution >= 0.6 is 9.24 Å². The molecule has 0 fully saturated rings. The third kappa shape index (κ3) is 13.4. The lowest BCUT2D eigenvalue weighted by Gasteiger charge is -2.10. The Bertz CT molecular complexity index is 719. The maximum atomic E-state index is 13.8. The van der Waals surface area contributed by atoms with Gasteiger partial charge in [-0.3, -0.25) is 4.79 Å². The zero-order chi connectivity index (χ0) is 25.9. The first-order chi connectivity index (χ1) is 16.9. The topological polar surface area (TPSA) is 108 Å². The van der Waals surface area contributed by atoms with Gasteiger partial charge in [0.2, 0.25) is 11.6 Å². The summed E-state index contributed by atoms with van der Waals surface area (Å²) >= 11 is 0. The number of carbonyl (C=O) groups is 1. The largest absolute Gasteiger partial charge is 0.420 e. The van der Waals surface area contributed by atoms with Gasteiger partial charge in [0.25, 0.3) is 0 Å². The van der Waals surface area contributed by atoms with Gasteiger partial charge < -0.3 is 38.9 Å². The zero-order valence-corrected chi connectivity index (χ0v) is 20.5. The third-order valence-corrected chi connectivity index (χ3v) is 4.55. The predicted molar refractivity (Wildman–Crippen MR) is 120 cm³/mol. The molecule has 35 heavy (non-hydrogen) atoms. The number of carbonyl (C=O) groups excluding carboxylic acids is 1. The van der Waals surface area contributed by atoms with E-state index < -0.39 is 40.3 Å². The van der Waals surface area contributed by atoms with Crippen molar-refractivity contribution in [2.24, 2.45) is 5.73 Å². The van der Waals surface area contributed by atoms with E-state index in [-0.39, 0.29) is 26.2 Å². The van der Waals surface area contributed by atoms with Crippen LogP contribution in [-0.4, -0.2) is 91.8 Å². The quantitative estimate of drug-likeness (QED) is 0.0473. The monoisotopic (exact) mass is 533 g/mol. The molecule has 0 saturated carbocycles. The van der Waals surface area contributed by atoms with Crippen molar-refractivity contribution in [2.75, 3.05) is 85.8 Å². The molecule has 1 aromatic rings. The minimum atomic E-state index is -1.94. The average molecular weight is 533 g/mol. The summed E-state index contributed by atoms with van der Waals surface area (Å²) in [5, 5.41) is -0.873. The molecule has 0 bridgehead atoms. The van der Waals surface area contributed by atoms with E-state index >= 15 is 0 Å². The van der Waals surface area contributed by atoms with Gasteiger partial charge in [0.15, 0.2) is 17.5 Å². The number of ether oxygens (including phenoxy) is 7. The van der Waals surface area contributed by atoms with Crippen molar-refractivity contribution in [2.45, 2.75) is 6.42 Å². The fourth-order valence-electron chi connectivity index (χ4n) is 2.32. The molecule has 0 amide bonds. The summed E-state index contributed by atoms with van der Waals surface area (Å²) in [6, 6.07) is 0. The highest BCUT2D eigenvalue weighted by molar-refractivity contribution is 7.27. The maximum Gasteiger partial charge on any atom is 0.313 e. The van der Waals surface area contributed by atoms with Crippen molar-refractivity contribution in [3.63, 3.8) is 0 Å². The van der Waals surface area contributed by atoms with E-state index in [1.54, 1.807) is 9.24 Å². The Balaban J connectivity index is 1.94. The molecular weight excluding hydrogens is 501 g/mol. The predicted octanol–water partition coefficient (Wildman–Crippen LogP) is 1.10. The van der Waals surface area contributed by atoms with E-state index in [0.29, 0.717) is 66.0 Å². The Morgan fingerprint density at radius 2 is 1.00 bits per heavy atom. The van der Waals surface area contributed by atoms with Gasteiger partial charge in [-0.15, -0.1) is 0 Å². The molecule has 2 N–H and O–H groups in total. The van der Waals surface area contributed by atoms with Gasteiger partial charge >= 0.3 is 5.97 Å². The fraction of sp³-hybridized carbons (Fsp3) is 0.667. The van der Waals surface area contributed by atoms with Gasteiger partial charge in [-0.1, -0.05) is 9.24 Å². The zero-order valence-electron chi connectivity index (χ0n) is 19.3. The first-order valence-electron chi connectivity index (χ1n) is 10.9. The van der Waals surface area contributed by atoms with Crippen LogP contribution in [0.15, 0.2) is 0 Å². The SMILES string of the molecule is NCCOCCOCCOCCOCCOCCOCCC(=O)Oc1c(F)c(F)c(F)c(P)c1F. The molecule has 1 aromatic carbocycles. The summed E-state index contributed by atoms with van der Waals surface area (Å²) in [5.41, 5.74) is 5.29. The number of benzene rings is 1. The summed E-state index contributed by atoms with van der Waals surface area (Å²) in [6.07, 6.45) is -0.361. The second kappa shape index (κ2) is 19.7. The molecule has 14 heteroatoms. The maximum absolute atomic E-state index is 13.8. The van der Waals surface area contributed by atoms with Crippen LogP contribution in [0.4, 0.5) is 17.6 Å². The smallest absolute Gasteiger partial charge is 0.313 e. The van der Waals surface area contributed by atoms with E-state index in [9.17, 15) is 22.4 Å². The molecule has 0 aliphatic carbocycles. The molecule has 0 spiro atoms. The molecular formula is C21H32F4NO8P. The van der Waals surface area contributed by atoms with E-state index in [0.717, 1.165) is 0 Å². The minimum Gasteiger partial charge on any atom is -0.420 e. The molecule has 0 aliphatic heterocycles. The molecule has 1 atom stereocenters. The van der Waals surface area contributed by atoms with E-state index in [1.165, 1.54) is 0 Å². The van der Waals surface area contributed by atoms with Crippen molar-refractivity contribution in [1.29, 1.82) is 0 Å². The second-order valence-electron chi connectivity index (χ2n) is 6.69. The Labute approximate surface area is 203 Å². The summed E-state index contributed by atoms with van der Waals surface area (Å²) in [7, 11) is 1.57. The van der Waals surface area contributed by atoms with Crippen LogP contribution in [0.25, 0.3) is 0 Å². The van der Waals surface area contributed by atoms with Crippen molar-refractivity contribution in [3.05, 3.63) is 23.3 Å². The molecule has 0 radical (unpaired) electrons. The Hall–Kier alpha value is -1.44. The Morgan fingerprint density at radius 1 is 0.600 bits per heavy atom. The van der Waals surface area contributed by atoms with Crippen LogP contribution in [0.5, 0.6) is 5.75 Å². The molecule has 1 rings (SSSR count). The lowest BCUT2D eigenvalue weighted by Crippen LogP contribution is -2.19. The van der Waals surface area contributed by atoms with Gasteiger partial charge in [0.05, 0.1) is 85.7 Å². The number of halogens is 4. The van der Waals surface area contributed by atoms with Crippen molar-refractivity contribution < 1.29 is 55.5 Å². The Morgan fingerprint density at radius 3 is 1.43 bits per heavy atom. The number of rotatable bonds is 21. The third-order valence-electron chi connectivity index (χ3n) is 4.05. The molecule has 9 nitrogen and oxygen atoms in total. The summed E-state index contributed by atoms with van der Waals surface area (Å²) in [5.74, 6) is -9.46. The highest BCUT2D eigenvalue weighted by Crippen LogP contribution is 2.26. The van der Waals surface area contributed by atoms with Gasteiger partial charge in [-0.2, -0.15) is 4.39 Å². The summed E-state index contributed by atoms with van der Waals surface area (Å²) < 4.78 is 90.0. The average Bonchev–Trinajstić information content (AvgIpc) is 2.85. The van der Waals surface area contributed by atoms with Crippen LogP contribution in [0.1, 0.15) is 6.42 Å². The number of hydrogen-bond donors (Lipinski definition) is 1. The van der Waals surface area contributed by atoms with Crippen molar-refractivity contribution >= 4 is 20.5 Å². The Kier molecular flexibility index (Phi) is 17.8. The fourth-order valence-corrected chi connectivity index (χ4v) is 2.58. The summed E-state index contributed by atoms with van der Waals surface area (Å²) in [4.78, 5) is 11.7. The van der Waals surface area contributed by atoms with Gasteiger partial charge in [-0.25, -0.2) is 13.2 Å². The standard InChI is InChI=1S/C21H32F4NO8P/c22-16-17(23)20(19(25)21(35)18(16)24)34-15(27)1-3-28-5-7-30-9-11-32-13-14-33-12-10-31-8-6-29-4-2-26/h1-14,26,35H2. The molecule has 202 valence electrons. The highest BCUT2D eigenvalue weighted by Gasteiger charge is 2.26. The van der Waals surface area contributed by atoms with Gasteiger partial charge in [0.1, 0.15) is 0 Å². The lowest BCUT2D eigenvalue weighted by atomic mass is 10.3. The molecule has 0 heterocycles. The van der Waals surface area contributed by atoms with E-state index in [2.05, 4.69) is 4.74 Å². The lowest BCUT2D eigenvalue weighted by molar-refractivity contribution is -0.136. The number of esters is 1. The highest BCUT2D eigenvalue weighted by atomic mass is 31.0. The summed E-state index contributed by atoms with van der Waals surface area (Å²) in [6.45, 7) is 4.65. The van der Waals surface area contributed by atoms with Crippen LogP contribution in [0, 0.1) is 23.3 Å². The van der Waals surface area contributed by atoms with Crippen LogP contribution < -0.4 is 15.8 Å². The number of hydrogen-bond acceptors (Lipinski definition) is 9. The van der Waals surface area contributed by atoms with E-state index in [1.807, 2.05) is 0 Å². The molecule has 1 unspecified atom stereocenters. The molecule has 0 saturated heterocycles. The van der Waals surface area contributed by atoms with Gasteiger partial charge in [-0.05, 0) is 0 Å². The van der Waals surface area contributed by atoms with E-state index in [4.69, 9.17) is 34.2 Å². The molecule has 0 aromatic heterocycles. The first-order valence-corrected chi connectivity index (χ1v) is 11.5. The second-order valence-corrected chi connectivity index (χ2v) is 7.26. The van der Waals surface area contributed by atoms with Crippen molar-refractivity contribution in [1.82, 2.24) is 0 Å². The van der Waals surface area contributed by atoms with Crippen LogP contribution in [-0.2, 0) is 33.2 Å². The first kappa shape index (κ1) is 31.6. The minimum absolute atomic E-state index is 0.124. The molecule has 0 aliphatic rings. The van der Waals surface area contributed by atoms with Crippen LogP contribution in [0.3, 0.4) is 0 Å². The number of nitrogens with two attached hydrogens (primary N) is 1. The van der Waals surface area contributed by atoms with Crippen LogP contribution in [0.2, 0.25) is 0 Å².